The zero-order valence-corrected chi connectivity index (χ0v) is 12.0. The van der Waals surface area contributed by atoms with Crippen LogP contribution in [-0.4, -0.2) is 31.3 Å². The Kier molecular flexibility index (Phi) is 5.41. The van der Waals surface area contributed by atoms with Gasteiger partial charge in [0.1, 0.15) is 5.75 Å². The Morgan fingerprint density at radius 1 is 1.35 bits per heavy atom. The SMILES string of the molecule is COc1ccc(CCNCC2CCCC2C(=O)O)cc1. The normalized spacial score (nSPS) is 21.9. The molecule has 0 saturated heterocycles. The summed E-state index contributed by atoms with van der Waals surface area (Å²) in [7, 11) is 1.66. The molecular formula is C16H23NO3. The highest BCUT2D eigenvalue weighted by Crippen LogP contribution is 2.31. The van der Waals surface area contributed by atoms with Crippen molar-refractivity contribution in [1.82, 2.24) is 5.32 Å². The molecule has 1 aliphatic carbocycles. The Bertz CT molecular complexity index is 430. The monoisotopic (exact) mass is 277 g/mol. The number of carbonyl (C=O) groups is 1. The molecule has 110 valence electrons. The standard InChI is InChI=1S/C16H23NO3/c1-20-14-7-5-12(6-8-14)9-10-17-11-13-3-2-4-15(13)16(18)19/h5-8,13,15,17H,2-4,9-11H2,1H3,(H,18,19). The highest BCUT2D eigenvalue weighted by molar-refractivity contribution is 5.70. The molecular weight excluding hydrogens is 254 g/mol. The van der Waals surface area contributed by atoms with E-state index in [1.54, 1.807) is 7.11 Å². The second-order valence-corrected chi connectivity index (χ2v) is 5.44. The van der Waals surface area contributed by atoms with Crippen LogP contribution in [0.4, 0.5) is 0 Å². The molecule has 0 aromatic heterocycles. The number of aliphatic carboxylic acids is 1. The molecule has 4 heteroatoms. The first kappa shape index (κ1) is 14.9. The van der Waals surface area contributed by atoms with Gasteiger partial charge in [0.25, 0.3) is 0 Å². The van der Waals surface area contributed by atoms with Crippen LogP contribution in [-0.2, 0) is 11.2 Å². The van der Waals surface area contributed by atoms with Crippen LogP contribution in [0.15, 0.2) is 24.3 Å². The fourth-order valence-electron chi connectivity index (χ4n) is 2.92. The summed E-state index contributed by atoms with van der Waals surface area (Å²) in [5, 5.41) is 12.5. The van der Waals surface area contributed by atoms with Gasteiger partial charge in [-0.3, -0.25) is 4.79 Å². The van der Waals surface area contributed by atoms with Crippen molar-refractivity contribution in [2.45, 2.75) is 25.7 Å². The third kappa shape index (κ3) is 3.97. The molecule has 0 amide bonds. The van der Waals surface area contributed by atoms with Gasteiger partial charge in [-0.05, 0) is 56.0 Å². The third-order valence-corrected chi connectivity index (χ3v) is 4.13. The van der Waals surface area contributed by atoms with Crippen LogP contribution >= 0.6 is 0 Å². The van der Waals surface area contributed by atoms with Gasteiger partial charge < -0.3 is 15.2 Å². The van der Waals surface area contributed by atoms with Crippen molar-refractivity contribution in [2.24, 2.45) is 11.8 Å². The number of hydrogen-bond acceptors (Lipinski definition) is 3. The molecule has 2 unspecified atom stereocenters. The summed E-state index contributed by atoms with van der Waals surface area (Å²) in [4.78, 5) is 11.1. The van der Waals surface area contributed by atoms with Gasteiger partial charge in [0.15, 0.2) is 0 Å². The predicted molar refractivity (Wildman–Crippen MR) is 78.0 cm³/mol. The van der Waals surface area contributed by atoms with Gasteiger partial charge in [0.2, 0.25) is 0 Å². The van der Waals surface area contributed by atoms with Gasteiger partial charge in [-0.1, -0.05) is 18.6 Å². The van der Waals surface area contributed by atoms with Crippen LogP contribution in [0.5, 0.6) is 5.75 Å². The van der Waals surface area contributed by atoms with Crippen molar-refractivity contribution in [3.05, 3.63) is 29.8 Å². The molecule has 1 fully saturated rings. The Labute approximate surface area is 120 Å². The van der Waals surface area contributed by atoms with E-state index in [0.717, 1.165) is 44.5 Å². The number of carboxylic acids is 1. The molecule has 0 spiro atoms. The van der Waals surface area contributed by atoms with Crippen LogP contribution < -0.4 is 10.1 Å². The fraction of sp³-hybridized carbons (Fsp3) is 0.562. The maximum absolute atomic E-state index is 11.1. The highest BCUT2D eigenvalue weighted by Gasteiger charge is 2.32. The van der Waals surface area contributed by atoms with Crippen molar-refractivity contribution in [3.8, 4) is 5.75 Å². The Hall–Kier alpha value is -1.55. The second kappa shape index (κ2) is 7.29. The zero-order valence-electron chi connectivity index (χ0n) is 12.0. The number of carboxylic acid groups (broad SMARTS) is 1. The van der Waals surface area contributed by atoms with Gasteiger partial charge in [-0.25, -0.2) is 0 Å². The average Bonchev–Trinajstić information content (AvgIpc) is 2.93. The largest absolute Gasteiger partial charge is 0.497 e. The first-order valence-corrected chi connectivity index (χ1v) is 7.27. The van der Waals surface area contributed by atoms with Gasteiger partial charge in [0.05, 0.1) is 13.0 Å². The van der Waals surface area contributed by atoms with Crippen molar-refractivity contribution >= 4 is 5.97 Å². The molecule has 2 rings (SSSR count). The van der Waals surface area contributed by atoms with Crippen molar-refractivity contribution in [2.75, 3.05) is 20.2 Å². The zero-order chi connectivity index (χ0) is 14.4. The lowest BCUT2D eigenvalue weighted by molar-refractivity contribution is -0.142. The summed E-state index contributed by atoms with van der Waals surface area (Å²) < 4.78 is 5.13. The quantitative estimate of drug-likeness (QED) is 0.751. The molecule has 0 radical (unpaired) electrons. The predicted octanol–water partition coefficient (Wildman–Crippen LogP) is 2.33. The summed E-state index contributed by atoms with van der Waals surface area (Å²) in [6, 6.07) is 8.06. The van der Waals surface area contributed by atoms with Crippen LogP contribution in [0.3, 0.4) is 0 Å². The first-order valence-electron chi connectivity index (χ1n) is 7.27. The molecule has 0 heterocycles. The number of hydrogen-bond donors (Lipinski definition) is 2. The van der Waals surface area contributed by atoms with E-state index < -0.39 is 5.97 Å². The maximum Gasteiger partial charge on any atom is 0.306 e. The van der Waals surface area contributed by atoms with E-state index in [4.69, 9.17) is 9.84 Å². The summed E-state index contributed by atoms with van der Waals surface area (Å²) >= 11 is 0. The molecule has 2 N–H and O–H groups in total. The van der Waals surface area contributed by atoms with Gasteiger partial charge in [-0.2, -0.15) is 0 Å². The lowest BCUT2D eigenvalue weighted by Gasteiger charge is -2.16. The highest BCUT2D eigenvalue weighted by atomic mass is 16.5. The van der Waals surface area contributed by atoms with E-state index in [1.807, 2.05) is 12.1 Å². The summed E-state index contributed by atoms with van der Waals surface area (Å²) in [5.74, 6) is 0.383. The van der Waals surface area contributed by atoms with E-state index in [1.165, 1.54) is 5.56 Å². The van der Waals surface area contributed by atoms with Gasteiger partial charge in [0, 0.05) is 0 Å². The fourth-order valence-corrected chi connectivity index (χ4v) is 2.92. The summed E-state index contributed by atoms with van der Waals surface area (Å²) in [6.45, 7) is 1.70. The van der Waals surface area contributed by atoms with E-state index in [0.29, 0.717) is 5.92 Å². The average molecular weight is 277 g/mol. The molecule has 0 bridgehead atoms. The van der Waals surface area contributed by atoms with E-state index in [-0.39, 0.29) is 5.92 Å². The lowest BCUT2D eigenvalue weighted by atomic mass is 9.96. The van der Waals surface area contributed by atoms with E-state index in [9.17, 15) is 4.79 Å². The number of rotatable bonds is 7. The molecule has 0 aliphatic heterocycles. The summed E-state index contributed by atoms with van der Waals surface area (Å²) in [5.41, 5.74) is 1.26. The number of benzene rings is 1. The minimum Gasteiger partial charge on any atom is -0.497 e. The van der Waals surface area contributed by atoms with Crippen LogP contribution in [0.2, 0.25) is 0 Å². The van der Waals surface area contributed by atoms with E-state index in [2.05, 4.69) is 17.4 Å². The van der Waals surface area contributed by atoms with Crippen LogP contribution in [0.1, 0.15) is 24.8 Å². The lowest BCUT2D eigenvalue weighted by Crippen LogP contribution is -2.30. The Balaban J connectivity index is 1.69. The second-order valence-electron chi connectivity index (χ2n) is 5.44. The Morgan fingerprint density at radius 2 is 2.10 bits per heavy atom. The van der Waals surface area contributed by atoms with Crippen LogP contribution in [0, 0.1) is 11.8 Å². The number of methoxy groups -OCH3 is 1. The van der Waals surface area contributed by atoms with Crippen molar-refractivity contribution < 1.29 is 14.6 Å². The Morgan fingerprint density at radius 3 is 2.75 bits per heavy atom. The minimum atomic E-state index is -0.635. The van der Waals surface area contributed by atoms with Gasteiger partial charge >= 0.3 is 5.97 Å². The van der Waals surface area contributed by atoms with Crippen molar-refractivity contribution in [1.29, 1.82) is 0 Å². The minimum absolute atomic E-state index is 0.150. The third-order valence-electron chi connectivity index (χ3n) is 4.13. The molecule has 1 saturated carbocycles. The molecule has 1 aliphatic rings. The molecule has 1 aromatic carbocycles. The van der Waals surface area contributed by atoms with Crippen molar-refractivity contribution in [3.63, 3.8) is 0 Å². The molecule has 20 heavy (non-hydrogen) atoms. The maximum atomic E-state index is 11.1. The number of ether oxygens (including phenoxy) is 1. The van der Waals surface area contributed by atoms with Gasteiger partial charge in [-0.15, -0.1) is 0 Å². The molecule has 4 nitrogen and oxygen atoms in total. The van der Waals surface area contributed by atoms with Crippen LogP contribution in [0.25, 0.3) is 0 Å². The smallest absolute Gasteiger partial charge is 0.306 e. The topological polar surface area (TPSA) is 58.6 Å². The summed E-state index contributed by atoms with van der Waals surface area (Å²) in [6.07, 6.45) is 3.86. The molecule has 2 atom stereocenters. The molecule has 1 aromatic rings. The van der Waals surface area contributed by atoms with E-state index >= 15 is 0 Å². The first-order chi connectivity index (χ1) is 9.70. The number of nitrogens with one attached hydrogen (secondary N) is 1.